The maximum Gasteiger partial charge on any atom is 0.247 e. The quantitative estimate of drug-likeness (QED) is 0.519. The van der Waals surface area contributed by atoms with E-state index in [9.17, 15) is 9.90 Å². The lowest BCUT2D eigenvalue weighted by Crippen LogP contribution is -2.40. The van der Waals surface area contributed by atoms with Gasteiger partial charge < -0.3 is 20.1 Å². The molecule has 0 radical (unpaired) electrons. The third kappa shape index (κ3) is 5.32. The summed E-state index contributed by atoms with van der Waals surface area (Å²) in [7, 11) is 0. The Hall–Kier alpha value is -3.15. The third-order valence-corrected chi connectivity index (χ3v) is 6.95. The first-order valence-electron chi connectivity index (χ1n) is 12.3. The van der Waals surface area contributed by atoms with E-state index in [1.807, 2.05) is 30.3 Å². The second kappa shape index (κ2) is 10.4. The number of fused-ring (bicyclic) bond motifs is 1. The number of hydrogen-bond donors (Lipinski definition) is 2. The van der Waals surface area contributed by atoms with Crippen molar-refractivity contribution >= 4 is 22.8 Å². The van der Waals surface area contributed by atoms with Gasteiger partial charge in [0.05, 0.1) is 0 Å². The van der Waals surface area contributed by atoms with Gasteiger partial charge in [-0.3, -0.25) is 4.79 Å². The van der Waals surface area contributed by atoms with E-state index < -0.39 is 6.10 Å². The van der Waals surface area contributed by atoms with Crippen LogP contribution in [0.15, 0.2) is 72.3 Å². The lowest BCUT2D eigenvalue weighted by atomic mass is 9.88. The fourth-order valence-corrected chi connectivity index (χ4v) is 5.04. The number of nitrogens with one attached hydrogen (secondary N) is 1. The minimum absolute atomic E-state index is 0.0121. The number of aliphatic hydroxyl groups excluding tert-OH is 1. The highest BCUT2D eigenvalue weighted by Gasteiger charge is 2.23. The molecule has 5 nitrogen and oxygen atoms in total. The summed E-state index contributed by atoms with van der Waals surface area (Å²) in [5.41, 5.74) is 3.06. The van der Waals surface area contributed by atoms with Crippen molar-refractivity contribution in [3.05, 3.63) is 83.4 Å². The molecule has 5 heteroatoms. The number of rotatable bonds is 7. The summed E-state index contributed by atoms with van der Waals surface area (Å²) in [5.74, 6) is 1.26. The Morgan fingerprint density at radius 1 is 1.03 bits per heavy atom. The SMILES string of the molecule is O=C1NCC/C1=C/c1ccccc1OC[C@H](O)CN1CCC(c2ccc3ccccc3c2)CC1. The Morgan fingerprint density at radius 3 is 2.59 bits per heavy atom. The molecule has 2 aliphatic rings. The Kier molecular flexibility index (Phi) is 6.93. The van der Waals surface area contributed by atoms with Gasteiger partial charge in [-0.05, 0) is 66.7 Å². The molecule has 0 bridgehead atoms. The number of amides is 1. The van der Waals surface area contributed by atoms with Gasteiger partial charge in [-0.1, -0.05) is 60.7 Å². The Morgan fingerprint density at radius 2 is 1.79 bits per heavy atom. The van der Waals surface area contributed by atoms with Crippen LogP contribution in [0.2, 0.25) is 0 Å². The van der Waals surface area contributed by atoms with Crippen molar-refractivity contribution in [2.45, 2.75) is 31.3 Å². The fraction of sp³-hybridized carbons (Fsp3) is 0.345. The van der Waals surface area contributed by atoms with Crippen molar-refractivity contribution < 1.29 is 14.6 Å². The average molecular weight is 457 g/mol. The van der Waals surface area contributed by atoms with Crippen LogP contribution < -0.4 is 10.1 Å². The smallest absolute Gasteiger partial charge is 0.247 e. The highest BCUT2D eigenvalue weighted by molar-refractivity contribution is 6.00. The van der Waals surface area contributed by atoms with E-state index in [2.05, 4.69) is 52.7 Å². The lowest BCUT2D eigenvalue weighted by molar-refractivity contribution is -0.116. The highest BCUT2D eigenvalue weighted by atomic mass is 16.5. The Labute approximate surface area is 201 Å². The van der Waals surface area contributed by atoms with E-state index in [1.54, 1.807) is 0 Å². The predicted octanol–water partition coefficient (Wildman–Crippen LogP) is 4.36. The molecule has 0 unspecified atom stereocenters. The van der Waals surface area contributed by atoms with Crippen molar-refractivity contribution in [2.24, 2.45) is 0 Å². The number of para-hydroxylation sites is 1. The molecule has 176 valence electrons. The minimum Gasteiger partial charge on any atom is -0.490 e. The fourth-order valence-electron chi connectivity index (χ4n) is 5.04. The van der Waals surface area contributed by atoms with Crippen molar-refractivity contribution in [1.29, 1.82) is 0 Å². The molecule has 0 aliphatic carbocycles. The van der Waals surface area contributed by atoms with Crippen LogP contribution in [0.5, 0.6) is 5.75 Å². The summed E-state index contributed by atoms with van der Waals surface area (Å²) in [5, 5.41) is 16.1. The molecular formula is C29H32N2O3. The number of carbonyl (C=O) groups excluding carboxylic acids is 1. The number of hydrogen-bond acceptors (Lipinski definition) is 4. The Balaban J connectivity index is 1.12. The maximum atomic E-state index is 11.9. The van der Waals surface area contributed by atoms with Crippen molar-refractivity contribution in [1.82, 2.24) is 10.2 Å². The number of β-amino-alcohol motifs (C(OH)–C–C–N with tert-alkyl or cyclic N) is 1. The van der Waals surface area contributed by atoms with E-state index in [-0.39, 0.29) is 12.5 Å². The number of piperidine rings is 1. The summed E-state index contributed by atoms with van der Waals surface area (Å²) in [6, 6.07) is 23.0. The van der Waals surface area contributed by atoms with E-state index >= 15 is 0 Å². The summed E-state index contributed by atoms with van der Waals surface area (Å²) in [6.07, 6.45) is 4.26. The molecule has 0 spiro atoms. The molecule has 2 heterocycles. The molecule has 3 aromatic rings. The van der Waals surface area contributed by atoms with Gasteiger partial charge in [0.25, 0.3) is 0 Å². The second-order valence-electron chi connectivity index (χ2n) is 9.36. The van der Waals surface area contributed by atoms with Crippen LogP contribution in [0.25, 0.3) is 16.8 Å². The van der Waals surface area contributed by atoms with Gasteiger partial charge in [0.2, 0.25) is 5.91 Å². The van der Waals surface area contributed by atoms with Crippen molar-refractivity contribution in [3.8, 4) is 5.75 Å². The average Bonchev–Trinajstić information content (AvgIpc) is 3.28. The zero-order valence-corrected chi connectivity index (χ0v) is 19.5. The van der Waals surface area contributed by atoms with Crippen LogP contribution >= 0.6 is 0 Å². The molecule has 0 aromatic heterocycles. The molecule has 5 rings (SSSR count). The summed E-state index contributed by atoms with van der Waals surface area (Å²) < 4.78 is 5.96. The van der Waals surface area contributed by atoms with Crippen LogP contribution in [-0.4, -0.2) is 54.8 Å². The normalized spacial score (nSPS) is 19.4. The molecule has 1 amide bonds. The number of ether oxygens (including phenoxy) is 1. The molecule has 2 saturated heterocycles. The topological polar surface area (TPSA) is 61.8 Å². The van der Waals surface area contributed by atoms with Gasteiger partial charge >= 0.3 is 0 Å². The van der Waals surface area contributed by atoms with Gasteiger partial charge in [0.15, 0.2) is 0 Å². The molecule has 34 heavy (non-hydrogen) atoms. The summed E-state index contributed by atoms with van der Waals surface area (Å²) in [4.78, 5) is 14.2. The highest BCUT2D eigenvalue weighted by Crippen LogP contribution is 2.30. The monoisotopic (exact) mass is 456 g/mol. The van der Waals surface area contributed by atoms with E-state index in [4.69, 9.17) is 4.74 Å². The molecule has 0 saturated carbocycles. The largest absolute Gasteiger partial charge is 0.490 e. The third-order valence-electron chi connectivity index (χ3n) is 6.95. The number of benzene rings is 3. The van der Waals surface area contributed by atoms with Crippen LogP contribution in [0.4, 0.5) is 0 Å². The number of aliphatic hydroxyl groups is 1. The molecule has 3 aromatic carbocycles. The van der Waals surface area contributed by atoms with E-state index in [0.29, 0.717) is 24.8 Å². The lowest BCUT2D eigenvalue weighted by Gasteiger charge is -2.33. The van der Waals surface area contributed by atoms with Crippen LogP contribution in [0.1, 0.15) is 36.3 Å². The second-order valence-corrected chi connectivity index (χ2v) is 9.36. The number of carbonyl (C=O) groups is 1. The van der Waals surface area contributed by atoms with Crippen molar-refractivity contribution in [2.75, 3.05) is 32.8 Å². The maximum absolute atomic E-state index is 11.9. The van der Waals surface area contributed by atoms with Crippen LogP contribution in [0.3, 0.4) is 0 Å². The van der Waals surface area contributed by atoms with Gasteiger partial charge in [0.1, 0.15) is 18.5 Å². The summed E-state index contributed by atoms with van der Waals surface area (Å²) in [6.45, 7) is 3.48. The van der Waals surface area contributed by atoms with Gasteiger partial charge in [-0.25, -0.2) is 0 Å². The zero-order valence-electron chi connectivity index (χ0n) is 19.5. The molecular weight excluding hydrogens is 424 g/mol. The Bertz CT molecular complexity index is 1180. The minimum atomic E-state index is -0.562. The van der Waals surface area contributed by atoms with Crippen LogP contribution in [-0.2, 0) is 4.79 Å². The first kappa shape index (κ1) is 22.6. The predicted molar refractivity (Wildman–Crippen MR) is 136 cm³/mol. The van der Waals surface area contributed by atoms with E-state index in [0.717, 1.165) is 43.5 Å². The number of nitrogens with zero attached hydrogens (tertiary/aromatic N) is 1. The van der Waals surface area contributed by atoms with Gasteiger partial charge in [-0.15, -0.1) is 0 Å². The molecule has 2 aliphatic heterocycles. The molecule has 2 fully saturated rings. The zero-order chi connectivity index (χ0) is 23.3. The van der Waals surface area contributed by atoms with E-state index in [1.165, 1.54) is 16.3 Å². The first-order valence-corrected chi connectivity index (χ1v) is 12.3. The van der Waals surface area contributed by atoms with Crippen LogP contribution in [0, 0.1) is 0 Å². The first-order chi connectivity index (χ1) is 16.7. The summed E-state index contributed by atoms with van der Waals surface area (Å²) >= 11 is 0. The van der Waals surface area contributed by atoms with Gasteiger partial charge in [-0.2, -0.15) is 0 Å². The standard InChI is InChI=1S/C29H32N2O3/c32-27(20-34-28-8-4-3-7-25(28)18-26-11-14-30-29(26)33)19-31-15-12-22(13-16-31)24-10-9-21-5-1-2-6-23(21)17-24/h1-10,17-18,22,27,32H,11-16,19-20H2,(H,30,33)/b26-18-/t27-/m1/s1. The van der Waals surface area contributed by atoms with Crippen molar-refractivity contribution in [3.63, 3.8) is 0 Å². The molecule has 1 atom stereocenters. The number of likely N-dealkylation sites (tertiary alicyclic amines) is 1. The molecule has 2 N–H and O–H groups in total. The van der Waals surface area contributed by atoms with Gasteiger partial charge in [0, 0.05) is 24.2 Å².